The molecule has 3 nitrogen and oxygen atoms in total. The molecule has 1 aromatic carbocycles. The average Bonchev–Trinajstić information content (AvgIpc) is 2.38. The molecule has 4 heteroatoms. The third-order valence-corrected chi connectivity index (χ3v) is 2.93. The van der Waals surface area contributed by atoms with E-state index in [-0.39, 0.29) is 5.82 Å². The number of hydrogen-bond acceptors (Lipinski definition) is 3. The van der Waals surface area contributed by atoms with Gasteiger partial charge in [0.2, 0.25) is 0 Å². The molecule has 0 spiro atoms. The monoisotopic (exact) mass is 261 g/mol. The number of hydrogen-bond donors (Lipinski definition) is 1. The maximum absolute atomic E-state index is 13.9. The summed E-state index contributed by atoms with van der Waals surface area (Å²) in [7, 11) is 1.53. The van der Waals surface area contributed by atoms with Gasteiger partial charge in [0, 0.05) is 29.1 Å². The van der Waals surface area contributed by atoms with Gasteiger partial charge < -0.3 is 9.84 Å². The summed E-state index contributed by atoms with van der Waals surface area (Å²) in [4.78, 5) is 4.06. The first-order chi connectivity index (χ1) is 8.91. The van der Waals surface area contributed by atoms with Crippen LogP contribution >= 0.6 is 0 Å². The van der Waals surface area contributed by atoms with Crippen molar-refractivity contribution in [2.45, 2.75) is 19.4 Å². The summed E-state index contributed by atoms with van der Waals surface area (Å²) >= 11 is 0. The lowest BCUT2D eigenvalue weighted by Gasteiger charge is -2.18. The Balaban J connectivity index is 2.53. The van der Waals surface area contributed by atoms with E-state index in [0.717, 1.165) is 0 Å². The van der Waals surface area contributed by atoms with Gasteiger partial charge in [-0.25, -0.2) is 4.39 Å². The SMILES string of the molecule is COc1ccc(F)c(-c2cncc(C(C)(C)O)c2)c1. The molecule has 100 valence electrons. The van der Waals surface area contributed by atoms with Crippen molar-refractivity contribution in [2.24, 2.45) is 0 Å². The normalized spacial score (nSPS) is 11.4. The van der Waals surface area contributed by atoms with Gasteiger partial charge in [-0.1, -0.05) is 0 Å². The molecular formula is C15H16FNO2. The molecule has 0 saturated carbocycles. The highest BCUT2D eigenvalue weighted by Crippen LogP contribution is 2.29. The number of nitrogens with zero attached hydrogens (tertiary/aromatic N) is 1. The number of ether oxygens (including phenoxy) is 1. The molecular weight excluding hydrogens is 245 g/mol. The topological polar surface area (TPSA) is 42.4 Å². The van der Waals surface area contributed by atoms with Crippen molar-refractivity contribution in [3.05, 3.63) is 48.0 Å². The smallest absolute Gasteiger partial charge is 0.131 e. The van der Waals surface area contributed by atoms with Crippen molar-refractivity contribution in [3.8, 4) is 16.9 Å². The Morgan fingerprint density at radius 1 is 1.21 bits per heavy atom. The van der Waals surface area contributed by atoms with Crippen molar-refractivity contribution in [1.29, 1.82) is 0 Å². The third-order valence-electron chi connectivity index (χ3n) is 2.93. The number of benzene rings is 1. The number of pyridine rings is 1. The molecule has 1 N–H and O–H groups in total. The standard InChI is InChI=1S/C15H16FNO2/c1-15(2,18)11-6-10(8-17-9-11)13-7-12(19-3)4-5-14(13)16/h4-9,18H,1-3H3. The van der Waals surface area contributed by atoms with E-state index in [1.54, 1.807) is 44.4 Å². The minimum Gasteiger partial charge on any atom is -0.497 e. The molecule has 0 radical (unpaired) electrons. The van der Waals surface area contributed by atoms with Gasteiger partial charge in [-0.15, -0.1) is 0 Å². The summed E-state index contributed by atoms with van der Waals surface area (Å²) in [6.45, 7) is 3.32. The fourth-order valence-corrected chi connectivity index (χ4v) is 1.77. The summed E-state index contributed by atoms with van der Waals surface area (Å²) in [5.41, 5.74) is 0.624. The number of rotatable bonds is 3. The van der Waals surface area contributed by atoms with Crippen LogP contribution in [0.5, 0.6) is 5.75 Å². The second-order valence-corrected chi connectivity index (χ2v) is 4.87. The van der Waals surface area contributed by atoms with Gasteiger partial charge in [-0.2, -0.15) is 0 Å². The van der Waals surface area contributed by atoms with Crippen molar-refractivity contribution in [1.82, 2.24) is 4.98 Å². The zero-order chi connectivity index (χ0) is 14.0. The Morgan fingerprint density at radius 3 is 2.58 bits per heavy atom. The lowest BCUT2D eigenvalue weighted by molar-refractivity contribution is 0.0783. The highest BCUT2D eigenvalue weighted by molar-refractivity contribution is 5.65. The summed E-state index contributed by atoms with van der Waals surface area (Å²) in [6.07, 6.45) is 3.13. The minimum absolute atomic E-state index is 0.351. The highest BCUT2D eigenvalue weighted by atomic mass is 19.1. The maximum atomic E-state index is 13.9. The van der Waals surface area contributed by atoms with Gasteiger partial charge in [0.15, 0.2) is 0 Å². The second kappa shape index (κ2) is 4.97. The predicted octanol–water partition coefficient (Wildman–Crippen LogP) is 3.12. The predicted molar refractivity (Wildman–Crippen MR) is 71.4 cm³/mol. The average molecular weight is 261 g/mol. The zero-order valence-corrected chi connectivity index (χ0v) is 11.1. The van der Waals surface area contributed by atoms with Crippen LogP contribution in [0.25, 0.3) is 11.1 Å². The van der Waals surface area contributed by atoms with E-state index in [9.17, 15) is 9.50 Å². The summed E-state index contributed by atoms with van der Waals surface area (Å²) in [6, 6.07) is 6.25. The summed E-state index contributed by atoms with van der Waals surface area (Å²) in [5.74, 6) is 0.223. The van der Waals surface area contributed by atoms with Crippen molar-refractivity contribution in [2.75, 3.05) is 7.11 Å². The van der Waals surface area contributed by atoms with E-state index in [1.165, 1.54) is 13.2 Å². The molecule has 0 unspecified atom stereocenters. The maximum Gasteiger partial charge on any atom is 0.131 e. The van der Waals surface area contributed by atoms with Gasteiger partial charge in [0.25, 0.3) is 0 Å². The van der Waals surface area contributed by atoms with Crippen LogP contribution in [-0.4, -0.2) is 17.2 Å². The lowest BCUT2D eigenvalue weighted by Crippen LogP contribution is -2.15. The first-order valence-electron chi connectivity index (χ1n) is 5.93. The van der Waals surface area contributed by atoms with Crippen molar-refractivity contribution < 1.29 is 14.2 Å². The van der Waals surface area contributed by atoms with Crippen LogP contribution in [0.2, 0.25) is 0 Å². The lowest BCUT2D eigenvalue weighted by atomic mass is 9.97. The van der Waals surface area contributed by atoms with Gasteiger partial charge in [-0.3, -0.25) is 4.98 Å². The molecule has 0 atom stereocenters. The van der Waals surface area contributed by atoms with Crippen LogP contribution < -0.4 is 4.74 Å². The van der Waals surface area contributed by atoms with E-state index in [4.69, 9.17) is 4.74 Å². The molecule has 0 saturated heterocycles. The van der Waals surface area contributed by atoms with Crippen molar-refractivity contribution in [3.63, 3.8) is 0 Å². The molecule has 2 aromatic rings. The summed E-state index contributed by atoms with van der Waals surface area (Å²) in [5, 5.41) is 9.97. The van der Waals surface area contributed by atoms with Crippen LogP contribution in [0.4, 0.5) is 4.39 Å². The first kappa shape index (κ1) is 13.5. The van der Waals surface area contributed by atoms with Gasteiger partial charge in [0.05, 0.1) is 12.7 Å². The Kier molecular flexibility index (Phi) is 3.53. The van der Waals surface area contributed by atoms with Crippen LogP contribution in [0.3, 0.4) is 0 Å². The second-order valence-electron chi connectivity index (χ2n) is 4.87. The van der Waals surface area contributed by atoms with Gasteiger partial charge >= 0.3 is 0 Å². The van der Waals surface area contributed by atoms with Crippen LogP contribution in [-0.2, 0) is 5.60 Å². The fraction of sp³-hybridized carbons (Fsp3) is 0.267. The Hall–Kier alpha value is -1.94. The Morgan fingerprint density at radius 2 is 1.95 bits per heavy atom. The van der Waals surface area contributed by atoms with E-state index >= 15 is 0 Å². The fourth-order valence-electron chi connectivity index (χ4n) is 1.77. The van der Waals surface area contributed by atoms with Crippen LogP contribution in [0, 0.1) is 5.82 Å². The number of aliphatic hydroxyl groups is 1. The van der Waals surface area contributed by atoms with Crippen molar-refractivity contribution >= 4 is 0 Å². The third kappa shape index (κ3) is 2.90. The first-order valence-corrected chi connectivity index (χ1v) is 5.93. The zero-order valence-electron chi connectivity index (χ0n) is 11.1. The van der Waals surface area contributed by atoms with E-state index < -0.39 is 5.60 Å². The minimum atomic E-state index is -1.02. The molecule has 0 aliphatic rings. The molecule has 0 aliphatic carbocycles. The number of aromatic nitrogens is 1. The highest BCUT2D eigenvalue weighted by Gasteiger charge is 2.17. The molecule has 1 aromatic heterocycles. The molecule has 0 fully saturated rings. The quantitative estimate of drug-likeness (QED) is 0.923. The Bertz CT molecular complexity index is 591. The molecule has 1 heterocycles. The molecule has 2 rings (SSSR count). The van der Waals surface area contributed by atoms with Gasteiger partial charge in [-0.05, 0) is 38.1 Å². The van der Waals surface area contributed by atoms with E-state index in [0.29, 0.717) is 22.4 Å². The molecule has 19 heavy (non-hydrogen) atoms. The van der Waals surface area contributed by atoms with E-state index in [1.807, 2.05) is 0 Å². The largest absolute Gasteiger partial charge is 0.497 e. The molecule has 0 amide bonds. The Labute approximate surface area is 111 Å². The van der Waals surface area contributed by atoms with E-state index in [2.05, 4.69) is 4.98 Å². The molecule has 0 aliphatic heterocycles. The molecule has 0 bridgehead atoms. The van der Waals surface area contributed by atoms with Crippen LogP contribution in [0.1, 0.15) is 19.4 Å². The summed E-state index contributed by atoms with van der Waals surface area (Å²) < 4.78 is 19.0. The van der Waals surface area contributed by atoms with Gasteiger partial charge in [0.1, 0.15) is 11.6 Å². The number of methoxy groups -OCH3 is 1. The van der Waals surface area contributed by atoms with Crippen LogP contribution in [0.15, 0.2) is 36.7 Å². The number of halogens is 1.